The van der Waals surface area contributed by atoms with Gasteiger partial charge in [0.05, 0.1) is 12.8 Å². The molecule has 1 aliphatic rings. The average molecular weight is 279 g/mol. The van der Waals surface area contributed by atoms with Crippen molar-refractivity contribution in [3.05, 3.63) is 23.7 Å². The Bertz CT molecular complexity index is 381. The minimum Gasteiger partial charge on any atom is -0.468 e. The van der Waals surface area contributed by atoms with Crippen LogP contribution in [0.5, 0.6) is 0 Å². The highest BCUT2D eigenvalue weighted by molar-refractivity contribution is 5.17. The summed E-state index contributed by atoms with van der Waals surface area (Å²) in [4.78, 5) is 4.91. The molecule has 1 aliphatic heterocycles. The Morgan fingerprint density at radius 1 is 1.35 bits per heavy atom. The maximum absolute atomic E-state index is 5.61. The third-order valence-electron chi connectivity index (χ3n) is 4.23. The summed E-state index contributed by atoms with van der Waals surface area (Å²) in [5.41, 5.74) is 1.34. The van der Waals surface area contributed by atoms with Gasteiger partial charge in [-0.15, -0.1) is 0 Å². The lowest BCUT2D eigenvalue weighted by Gasteiger charge is -2.35. The van der Waals surface area contributed by atoms with Crippen LogP contribution < -0.4 is 5.32 Å². The molecule has 20 heavy (non-hydrogen) atoms. The van der Waals surface area contributed by atoms with Gasteiger partial charge in [0.25, 0.3) is 0 Å². The normalized spacial score (nSPS) is 18.0. The van der Waals surface area contributed by atoms with Crippen molar-refractivity contribution in [3.8, 4) is 0 Å². The van der Waals surface area contributed by atoms with Crippen molar-refractivity contribution in [2.24, 2.45) is 0 Å². The highest BCUT2D eigenvalue weighted by atomic mass is 16.3. The van der Waals surface area contributed by atoms with Crippen molar-refractivity contribution in [1.29, 1.82) is 0 Å². The minimum atomic E-state index is 0.751. The number of nitrogens with one attached hydrogen (secondary N) is 1. The molecule has 1 N–H and O–H groups in total. The molecule has 0 amide bonds. The first-order valence-corrected chi connectivity index (χ1v) is 7.85. The first kappa shape index (κ1) is 15.5. The zero-order valence-electron chi connectivity index (χ0n) is 13.2. The van der Waals surface area contributed by atoms with Crippen molar-refractivity contribution >= 4 is 0 Å². The summed E-state index contributed by atoms with van der Waals surface area (Å²) in [7, 11) is 4.38. The molecule has 0 aromatic carbocycles. The van der Waals surface area contributed by atoms with E-state index in [0.717, 1.165) is 37.9 Å². The third-order valence-corrected chi connectivity index (χ3v) is 4.23. The zero-order chi connectivity index (χ0) is 14.4. The monoisotopic (exact) mass is 279 g/mol. The quantitative estimate of drug-likeness (QED) is 0.776. The molecule has 0 radical (unpaired) electrons. The molecule has 1 aromatic heterocycles. The molecule has 0 unspecified atom stereocenters. The van der Waals surface area contributed by atoms with Gasteiger partial charge < -0.3 is 14.6 Å². The maximum Gasteiger partial charge on any atom is 0.122 e. The number of nitrogens with zero attached hydrogens (tertiary/aromatic N) is 2. The highest BCUT2D eigenvalue weighted by Crippen LogP contribution is 2.19. The van der Waals surface area contributed by atoms with Crippen molar-refractivity contribution < 1.29 is 4.42 Å². The first-order valence-electron chi connectivity index (χ1n) is 7.85. The van der Waals surface area contributed by atoms with E-state index < -0.39 is 0 Å². The van der Waals surface area contributed by atoms with Crippen LogP contribution in [-0.4, -0.2) is 49.6 Å². The smallest absolute Gasteiger partial charge is 0.122 e. The highest BCUT2D eigenvalue weighted by Gasteiger charge is 2.21. The molecule has 4 nitrogen and oxygen atoms in total. The number of hydrogen-bond acceptors (Lipinski definition) is 4. The molecule has 2 rings (SSSR count). The molecular weight excluding hydrogens is 250 g/mol. The second kappa shape index (κ2) is 7.81. The van der Waals surface area contributed by atoms with Gasteiger partial charge in [-0.05, 0) is 59.1 Å². The van der Waals surface area contributed by atoms with Crippen LogP contribution >= 0.6 is 0 Å². The summed E-state index contributed by atoms with van der Waals surface area (Å²) in [6.45, 7) is 7.50. The Kier molecular flexibility index (Phi) is 6.07. The van der Waals surface area contributed by atoms with E-state index in [1.165, 1.54) is 31.5 Å². The Morgan fingerprint density at radius 3 is 2.75 bits per heavy atom. The van der Waals surface area contributed by atoms with Gasteiger partial charge in [0, 0.05) is 18.2 Å². The molecule has 0 atom stereocenters. The molecule has 0 saturated carbocycles. The van der Waals surface area contributed by atoms with E-state index in [9.17, 15) is 0 Å². The molecule has 4 heteroatoms. The van der Waals surface area contributed by atoms with Gasteiger partial charge in [0.1, 0.15) is 5.76 Å². The Morgan fingerprint density at radius 2 is 2.10 bits per heavy atom. The van der Waals surface area contributed by atoms with Crippen LogP contribution in [0.25, 0.3) is 0 Å². The van der Waals surface area contributed by atoms with E-state index in [0.29, 0.717) is 0 Å². The molecule has 2 heterocycles. The van der Waals surface area contributed by atoms with E-state index in [4.69, 9.17) is 4.42 Å². The molecule has 1 aromatic rings. The molecule has 114 valence electrons. The van der Waals surface area contributed by atoms with Crippen LogP contribution in [0.3, 0.4) is 0 Å². The van der Waals surface area contributed by atoms with Crippen LogP contribution in [0.1, 0.15) is 37.5 Å². The lowest BCUT2D eigenvalue weighted by molar-refractivity contribution is 0.139. The fourth-order valence-electron chi connectivity index (χ4n) is 2.88. The van der Waals surface area contributed by atoms with Crippen LogP contribution in [0, 0.1) is 0 Å². The van der Waals surface area contributed by atoms with Gasteiger partial charge in [0.15, 0.2) is 0 Å². The molecule has 0 spiro atoms. The lowest BCUT2D eigenvalue weighted by Crippen LogP contribution is -2.41. The first-order chi connectivity index (χ1) is 9.70. The molecule has 0 bridgehead atoms. The number of piperidine rings is 1. The van der Waals surface area contributed by atoms with Gasteiger partial charge in [0.2, 0.25) is 0 Å². The van der Waals surface area contributed by atoms with Crippen molar-refractivity contribution in [2.45, 2.75) is 45.3 Å². The van der Waals surface area contributed by atoms with Crippen molar-refractivity contribution in [1.82, 2.24) is 15.1 Å². The lowest BCUT2D eigenvalue weighted by atomic mass is 10.0. The Labute approximate surface area is 123 Å². The maximum atomic E-state index is 5.61. The summed E-state index contributed by atoms with van der Waals surface area (Å²) in [6, 6.07) is 2.88. The summed E-state index contributed by atoms with van der Waals surface area (Å²) in [6.07, 6.45) is 5.53. The fraction of sp³-hybridized carbons (Fsp3) is 0.750. The SMILES string of the molecule is CCCNCc1occc1CN1CCC(N(C)C)CC1. The van der Waals surface area contributed by atoms with Gasteiger partial charge in [-0.2, -0.15) is 0 Å². The van der Waals surface area contributed by atoms with Gasteiger partial charge in [-0.3, -0.25) is 4.90 Å². The van der Waals surface area contributed by atoms with Crippen molar-refractivity contribution in [2.75, 3.05) is 33.7 Å². The summed E-state index contributed by atoms with van der Waals surface area (Å²) >= 11 is 0. The minimum absolute atomic E-state index is 0.751. The molecule has 1 fully saturated rings. The second-order valence-electron chi connectivity index (χ2n) is 6.02. The van der Waals surface area contributed by atoms with Crippen LogP contribution in [0.2, 0.25) is 0 Å². The zero-order valence-corrected chi connectivity index (χ0v) is 13.2. The summed E-state index contributed by atoms with van der Waals surface area (Å²) in [5.74, 6) is 1.10. The molecule has 0 aliphatic carbocycles. The van der Waals surface area contributed by atoms with E-state index in [1.54, 1.807) is 0 Å². The van der Waals surface area contributed by atoms with Crippen LogP contribution in [0.4, 0.5) is 0 Å². The Hall–Kier alpha value is -0.840. The number of hydrogen-bond donors (Lipinski definition) is 1. The van der Waals surface area contributed by atoms with E-state index in [1.807, 2.05) is 6.26 Å². The van der Waals surface area contributed by atoms with Gasteiger partial charge in [-0.1, -0.05) is 6.92 Å². The second-order valence-corrected chi connectivity index (χ2v) is 6.02. The number of furan rings is 1. The fourth-order valence-corrected chi connectivity index (χ4v) is 2.88. The van der Waals surface area contributed by atoms with Crippen molar-refractivity contribution in [3.63, 3.8) is 0 Å². The third kappa shape index (κ3) is 4.33. The van der Waals surface area contributed by atoms with Crippen LogP contribution in [-0.2, 0) is 13.1 Å². The summed E-state index contributed by atoms with van der Waals surface area (Å²) < 4.78 is 5.61. The topological polar surface area (TPSA) is 31.7 Å². The largest absolute Gasteiger partial charge is 0.468 e. The number of rotatable bonds is 7. The van der Waals surface area contributed by atoms with Crippen LogP contribution in [0.15, 0.2) is 16.7 Å². The van der Waals surface area contributed by atoms with Gasteiger partial charge >= 0.3 is 0 Å². The predicted octanol–water partition coefficient (Wildman–Crippen LogP) is 2.31. The van der Waals surface area contributed by atoms with Gasteiger partial charge in [-0.25, -0.2) is 0 Å². The standard InChI is InChI=1S/C16H29N3O/c1-4-8-17-12-16-14(7-11-20-16)13-19-9-5-15(6-10-19)18(2)3/h7,11,15,17H,4-6,8-10,12-13H2,1-3H3. The van der Waals surface area contributed by atoms with E-state index in [2.05, 4.69) is 42.2 Å². The number of likely N-dealkylation sites (tertiary alicyclic amines) is 1. The average Bonchev–Trinajstić information content (AvgIpc) is 2.87. The molecule has 1 saturated heterocycles. The molecular formula is C16H29N3O. The van der Waals surface area contributed by atoms with E-state index >= 15 is 0 Å². The Balaban J connectivity index is 1.81. The predicted molar refractivity (Wildman–Crippen MR) is 82.7 cm³/mol. The van der Waals surface area contributed by atoms with E-state index in [-0.39, 0.29) is 0 Å². The summed E-state index contributed by atoms with van der Waals surface area (Å²) in [5, 5.41) is 3.42.